The third kappa shape index (κ3) is 5.20. The second kappa shape index (κ2) is 9.56. The van der Waals surface area contributed by atoms with Crippen molar-refractivity contribution in [3.8, 4) is 0 Å². The van der Waals surface area contributed by atoms with E-state index in [2.05, 4.69) is 20.9 Å². The largest absolute Gasteiger partial charge is 0.480 e. The van der Waals surface area contributed by atoms with Crippen LogP contribution < -0.4 is 16.0 Å². The number of hydrogen-bond donors (Lipinski definition) is 5. The molecule has 3 atom stereocenters. The minimum absolute atomic E-state index is 0.0768. The summed E-state index contributed by atoms with van der Waals surface area (Å²) in [5.74, 6) is -2.68. The molecule has 0 spiro atoms. The van der Waals surface area contributed by atoms with Gasteiger partial charge < -0.3 is 26.0 Å². The van der Waals surface area contributed by atoms with Crippen molar-refractivity contribution in [3.05, 3.63) is 71.9 Å². The van der Waals surface area contributed by atoms with Gasteiger partial charge in [0.2, 0.25) is 17.7 Å². The van der Waals surface area contributed by atoms with Gasteiger partial charge in [-0.05, 0) is 17.2 Å². The molecule has 0 bridgehead atoms. The topological polar surface area (TPSA) is 140 Å². The average molecular weight is 448 g/mol. The highest BCUT2D eigenvalue weighted by Gasteiger charge is 2.35. The van der Waals surface area contributed by atoms with Crippen LogP contribution in [0.1, 0.15) is 17.5 Å². The van der Waals surface area contributed by atoms with E-state index in [1.54, 1.807) is 6.20 Å². The summed E-state index contributed by atoms with van der Waals surface area (Å²) in [5.41, 5.74) is 2.52. The van der Waals surface area contributed by atoms with E-state index >= 15 is 0 Å². The third-order valence-electron chi connectivity index (χ3n) is 5.67. The summed E-state index contributed by atoms with van der Waals surface area (Å²) in [4.78, 5) is 52.3. The van der Waals surface area contributed by atoms with Crippen molar-refractivity contribution in [1.29, 1.82) is 0 Å². The first-order valence-corrected chi connectivity index (χ1v) is 10.6. The number of H-pyrrole nitrogens is 1. The molecule has 0 radical (unpaired) electrons. The van der Waals surface area contributed by atoms with E-state index in [4.69, 9.17) is 0 Å². The van der Waals surface area contributed by atoms with Crippen LogP contribution in [0.4, 0.5) is 0 Å². The summed E-state index contributed by atoms with van der Waals surface area (Å²) in [6.45, 7) is 0. The molecule has 3 amide bonds. The molecule has 3 aromatic rings. The Hall–Kier alpha value is -4.14. The van der Waals surface area contributed by atoms with E-state index in [9.17, 15) is 24.3 Å². The quantitative estimate of drug-likeness (QED) is 0.348. The smallest absolute Gasteiger partial charge is 0.326 e. The van der Waals surface area contributed by atoms with Gasteiger partial charge in [-0.2, -0.15) is 0 Å². The van der Waals surface area contributed by atoms with Crippen LogP contribution in [-0.4, -0.2) is 51.9 Å². The molecule has 1 aliphatic heterocycles. The highest BCUT2D eigenvalue weighted by atomic mass is 16.4. The number of carboxylic acids is 1. The zero-order chi connectivity index (χ0) is 23.4. The van der Waals surface area contributed by atoms with Crippen LogP contribution in [0.3, 0.4) is 0 Å². The van der Waals surface area contributed by atoms with E-state index in [1.165, 1.54) is 0 Å². The summed E-state index contributed by atoms with van der Waals surface area (Å²) in [7, 11) is 0. The Morgan fingerprint density at radius 1 is 0.939 bits per heavy atom. The molecule has 9 nitrogen and oxygen atoms in total. The summed E-state index contributed by atoms with van der Waals surface area (Å²) in [5, 5.41) is 18.2. The molecule has 0 aliphatic carbocycles. The lowest BCUT2D eigenvalue weighted by atomic mass is 10.0. The molecule has 2 heterocycles. The molecule has 1 aliphatic rings. The second-order valence-electron chi connectivity index (χ2n) is 8.04. The lowest BCUT2D eigenvalue weighted by molar-refractivity contribution is -0.142. The number of aromatic amines is 1. The molecule has 1 fully saturated rings. The number of fused-ring (bicyclic) bond motifs is 1. The first-order valence-electron chi connectivity index (χ1n) is 10.6. The minimum Gasteiger partial charge on any atom is -0.480 e. The van der Waals surface area contributed by atoms with Crippen molar-refractivity contribution in [2.45, 2.75) is 37.4 Å². The number of amides is 3. The Kier molecular flexibility index (Phi) is 6.39. The van der Waals surface area contributed by atoms with Gasteiger partial charge in [-0.3, -0.25) is 14.4 Å². The first kappa shape index (κ1) is 22.1. The van der Waals surface area contributed by atoms with Crippen LogP contribution >= 0.6 is 0 Å². The van der Waals surface area contributed by atoms with Crippen LogP contribution in [0.25, 0.3) is 10.9 Å². The molecular formula is C24H24N4O5. The lowest BCUT2D eigenvalue weighted by Gasteiger charge is -2.29. The van der Waals surface area contributed by atoms with Crippen LogP contribution in [0.2, 0.25) is 0 Å². The van der Waals surface area contributed by atoms with Gasteiger partial charge >= 0.3 is 5.97 Å². The van der Waals surface area contributed by atoms with Crippen molar-refractivity contribution in [1.82, 2.24) is 20.9 Å². The maximum absolute atomic E-state index is 12.5. The van der Waals surface area contributed by atoms with Gasteiger partial charge in [-0.1, -0.05) is 48.5 Å². The summed E-state index contributed by atoms with van der Waals surface area (Å²) in [6.07, 6.45) is 1.78. The molecule has 0 unspecified atom stereocenters. The Morgan fingerprint density at radius 3 is 2.36 bits per heavy atom. The van der Waals surface area contributed by atoms with Crippen molar-refractivity contribution in [2.75, 3.05) is 0 Å². The molecule has 2 aromatic carbocycles. The molecule has 33 heavy (non-hydrogen) atoms. The van der Waals surface area contributed by atoms with Crippen LogP contribution in [0, 0.1) is 0 Å². The van der Waals surface area contributed by atoms with Gasteiger partial charge in [0.25, 0.3) is 0 Å². The molecule has 1 aromatic heterocycles. The molecule has 170 valence electrons. The summed E-state index contributed by atoms with van der Waals surface area (Å²) in [6, 6.07) is 13.8. The Balaban J connectivity index is 1.35. The fraction of sp³-hybridized carbons (Fsp3) is 0.250. The van der Waals surface area contributed by atoms with Gasteiger partial charge in [0, 0.05) is 29.9 Å². The van der Waals surface area contributed by atoms with Crippen LogP contribution in [0.5, 0.6) is 0 Å². The van der Waals surface area contributed by atoms with Gasteiger partial charge in [-0.25, -0.2) is 4.79 Å². The maximum Gasteiger partial charge on any atom is 0.326 e. The Morgan fingerprint density at radius 2 is 1.61 bits per heavy atom. The number of aliphatic carboxylic acids is 1. The monoisotopic (exact) mass is 448 g/mol. The summed E-state index contributed by atoms with van der Waals surface area (Å²) < 4.78 is 0. The number of carbonyl (C=O) groups excluding carboxylic acids is 3. The fourth-order valence-corrected chi connectivity index (χ4v) is 3.97. The number of nitrogens with one attached hydrogen (secondary N) is 4. The van der Waals surface area contributed by atoms with Crippen LogP contribution in [0.15, 0.2) is 60.8 Å². The predicted molar refractivity (Wildman–Crippen MR) is 120 cm³/mol. The zero-order valence-corrected chi connectivity index (χ0v) is 17.7. The molecule has 0 saturated carbocycles. The van der Waals surface area contributed by atoms with Gasteiger partial charge in [0.15, 0.2) is 0 Å². The SMILES string of the molecule is O=C(C[C@@H]1NC(=O)[C@H](Cc2ccccc2)NC1=O)N[C@@H](Cc1c[nH]c2ccccc12)C(=O)O. The van der Waals surface area contributed by atoms with Gasteiger partial charge in [0.1, 0.15) is 18.1 Å². The molecular weight excluding hydrogens is 424 g/mol. The van der Waals surface area contributed by atoms with E-state index in [0.29, 0.717) is 6.42 Å². The first-order chi connectivity index (χ1) is 15.9. The normalized spacial score (nSPS) is 18.9. The third-order valence-corrected chi connectivity index (χ3v) is 5.67. The van der Waals surface area contributed by atoms with E-state index in [1.807, 2.05) is 54.6 Å². The molecule has 9 heteroatoms. The van der Waals surface area contributed by atoms with Crippen LogP contribution in [-0.2, 0) is 32.0 Å². The number of aromatic nitrogens is 1. The average Bonchev–Trinajstić information content (AvgIpc) is 3.20. The van der Waals surface area contributed by atoms with Crippen molar-refractivity contribution >= 4 is 34.6 Å². The van der Waals surface area contributed by atoms with E-state index in [-0.39, 0.29) is 18.7 Å². The summed E-state index contributed by atoms with van der Waals surface area (Å²) >= 11 is 0. The number of piperazine rings is 1. The van der Waals surface area contributed by atoms with Gasteiger partial charge in [0.05, 0.1) is 6.42 Å². The maximum atomic E-state index is 12.5. The number of rotatable bonds is 8. The van der Waals surface area contributed by atoms with Crippen molar-refractivity contribution < 1.29 is 24.3 Å². The zero-order valence-electron chi connectivity index (χ0n) is 17.7. The second-order valence-corrected chi connectivity index (χ2v) is 8.04. The number of benzene rings is 2. The van der Waals surface area contributed by atoms with E-state index < -0.39 is 35.9 Å². The van der Waals surface area contributed by atoms with E-state index in [0.717, 1.165) is 22.0 Å². The number of para-hydroxylation sites is 1. The Bertz CT molecular complexity index is 1190. The highest BCUT2D eigenvalue weighted by molar-refractivity contribution is 5.99. The van der Waals surface area contributed by atoms with Crippen molar-refractivity contribution in [3.63, 3.8) is 0 Å². The minimum atomic E-state index is -1.19. The predicted octanol–water partition coefficient (Wildman–Crippen LogP) is 0.896. The number of carbonyl (C=O) groups is 4. The lowest BCUT2D eigenvalue weighted by Crippen LogP contribution is -2.63. The fourth-order valence-electron chi connectivity index (χ4n) is 3.97. The molecule has 5 N–H and O–H groups in total. The molecule has 4 rings (SSSR count). The standard InChI is InChI=1S/C24H24N4O5/c29-21(26-20(24(32)33)11-15-13-25-17-9-5-4-8-16(15)17)12-19-23(31)27-18(22(30)28-19)10-14-6-2-1-3-7-14/h1-9,13,18-20,25H,10-12H2,(H,26,29)(H,27,31)(H,28,30)(H,32,33)/t18-,19-,20-/m0/s1. The van der Waals surface area contributed by atoms with Crippen molar-refractivity contribution in [2.24, 2.45) is 0 Å². The number of hydrogen-bond acceptors (Lipinski definition) is 4. The highest BCUT2D eigenvalue weighted by Crippen LogP contribution is 2.19. The van der Waals surface area contributed by atoms with Gasteiger partial charge in [-0.15, -0.1) is 0 Å². The molecule has 1 saturated heterocycles. The number of carboxylic acid groups (broad SMARTS) is 1. The Labute approximate surface area is 189 Å².